The number of nitrogens with one attached hydrogen (secondary N) is 1. The average Bonchev–Trinajstić information content (AvgIpc) is 2.63. The van der Waals surface area contributed by atoms with E-state index < -0.39 is 0 Å². The highest BCUT2D eigenvalue weighted by Gasteiger charge is 2.20. The topological polar surface area (TPSA) is 41.6 Å². The maximum Gasteiger partial charge on any atom is 0.227 e. The molecule has 1 amide bonds. The van der Waals surface area contributed by atoms with Gasteiger partial charge >= 0.3 is 0 Å². The highest BCUT2D eigenvalue weighted by molar-refractivity contribution is 5.79. The van der Waals surface area contributed by atoms with Crippen LogP contribution in [0.5, 0.6) is 5.75 Å². The van der Waals surface area contributed by atoms with E-state index in [0.717, 1.165) is 50.3 Å². The fourth-order valence-corrected chi connectivity index (χ4v) is 3.73. The van der Waals surface area contributed by atoms with Gasteiger partial charge in [-0.25, -0.2) is 0 Å². The van der Waals surface area contributed by atoms with Gasteiger partial charge in [0.05, 0.1) is 13.5 Å². The molecule has 1 aromatic carbocycles. The number of methoxy groups -OCH3 is 1. The predicted molar refractivity (Wildman–Crippen MR) is 92.0 cm³/mol. The maximum absolute atomic E-state index is 12.5. The first-order valence-electron chi connectivity index (χ1n) is 8.93. The van der Waals surface area contributed by atoms with Crippen molar-refractivity contribution in [2.75, 3.05) is 33.3 Å². The summed E-state index contributed by atoms with van der Waals surface area (Å²) >= 11 is 0. The Morgan fingerprint density at radius 2 is 1.96 bits per heavy atom. The van der Waals surface area contributed by atoms with Crippen molar-refractivity contribution in [2.24, 2.45) is 0 Å². The normalized spacial score (nSPS) is 19.6. The van der Waals surface area contributed by atoms with Crippen LogP contribution in [0, 0.1) is 0 Å². The van der Waals surface area contributed by atoms with Crippen molar-refractivity contribution >= 4 is 5.91 Å². The van der Waals surface area contributed by atoms with E-state index in [-0.39, 0.29) is 5.91 Å². The van der Waals surface area contributed by atoms with Crippen LogP contribution in [-0.2, 0) is 11.2 Å². The molecule has 2 aliphatic heterocycles. The van der Waals surface area contributed by atoms with Crippen LogP contribution >= 0.6 is 0 Å². The van der Waals surface area contributed by atoms with Crippen molar-refractivity contribution < 1.29 is 9.53 Å². The van der Waals surface area contributed by atoms with Crippen molar-refractivity contribution in [2.45, 2.75) is 44.4 Å². The Labute approximate surface area is 139 Å². The van der Waals surface area contributed by atoms with Gasteiger partial charge in [-0.1, -0.05) is 12.1 Å². The molecule has 2 heterocycles. The summed E-state index contributed by atoms with van der Waals surface area (Å²) in [6, 6.07) is 6.43. The van der Waals surface area contributed by atoms with Crippen LogP contribution in [0.1, 0.15) is 49.1 Å². The van der Waals surface area contributed by atoms with E-state index >= 15 is 0 Å². The van der Waals surface area contributed by atoms with Crippen LogP contribution in [0.2, 0.25) is 0 Å². The molecule has 0 radical (unpaired) electrons. The number of amides is 1. The molecule has 0 aliphatic carbocycles. The molecule has 2 saturated heterocycles. The number of hydrogen-bond acceptors (Lipinski definition) is 3. The van der Waals surface area contributed by atoms with Crippen molar-refractivity contribution in [1.82, 2.24) is 10.2 Å². The fraction of sp³-hybridized carbons (Fsp3) is 0.632. The van der Waals surface area contributed by atoms with Gasteiger partial charge in [0.2, 0.25) is 5.91 Å². The van der Waals surface area contributed by atoms with Gasteiger partial charge in [0.25, 0.3) is 0 Å². The third-order valence-corrected chi connectivity index (χ3v) is 5.17. The van der Waals surface area contributed by atoms with Crippen LogP contribution in [-0.4, -0.2) is 44.1 Å². The second-order valence-corrected chi connectivity index (χ2v) is 6.71. The number of carbonyl (C=O) groups excluding carboxylic acids is 1. The molecule has 1 aromatic rings. The molecule has 1 N–H and O–H groups in total. The molecular formula is C19H28N2O2. The van der Waals surface area contributed by atoms with E-state index in [9.17, 15) is 4.79 Å². The molecule has 0 unspecified atom stereocenters. The number of hydrogen-bond donors (Lipinski definition) is 1. The Balaban J connectivity index is 1.70. The van der Waals surface area contributed by atoms with Gasteiger partial charge in [0.1, 0.15) is 5.75 Å². The second kappa shape index (κ2) is 7.82. The molecule has 0 aromatic heterocycles. The first-order chi connectivity index (χ1) is 11.3. The van der Waals surface area contributed by atoms with E-state index in [0.29, 0.717) is 12.3 Å². The SMILES string of the molecule is COc1cc(C2CCNCC2)ccc1CC(=O)N1CCCCC1. The monoisotopic (exact) mass is 316 g/mol. The molecule has 2 aliphatic rings. The third-order valence-electron chi connectivity index (χ3n) is 5.17. The number of likely N-dealkylation sites (tertiary alicyclic amines) is 1. The molecule has 4 heteroatoms. The molecule has 126 valence electrons. The number of nitrogens with zero attached hydrogens (tertiary/aromatic N) is 1. The van der Waals surface area contributed by atoms with Crippen LogP contribution < -0.4 is 10.1 Å². The van der Waals surface area contributed by atoms with Crippen LogP contribution in [0.3, 0.4) is 0 Å². The largest absolute Gasteiger partial charge is 0.496 e. The molecule has 0 bridgehead atoms. The Morgan fingerprint density at radius 3 is 2.65 bits per heavy atom. The molecule has 0 saturated carbocycles. The van der Waals surface area contributed by atoms with Crippen molar-refractivity contribution in [3.8, 4) is 5.75 Å². The highest BCUT2D eigenvalue weighted by atomic mass is 16.5. The summed E-state index contributed by atoms with van der Waals surface area (Å²) < 4.78 is 5.58. The zero-order valence-electron chi connectivity index (χ0n) is 14.1. The molecule has 2 fully saturated rings. The van der Waals surface area contributed by atoms with E-state index in [2.05, 4.69) is 23.5 Å². The smallest absolute Gasteiger partial charge is 0.227 e. The maximum atomic E-state index is 12.5. The summed E-state index contributed by atoms with van der Waals surface area (Å²) in [5.74, 6) is 1.71. The number of ether oxygens (including phenoxy) is 1. The molecular weight excluding hydrogens is 288 g/mol. The lowest BCUT2D eigenvalue weighted by molar-refractivity contribution is -0.131. The second-order valence-electron chi connectivity index (χ2n) is 6.71. The van der Waals surface area contributed by atoms with Gasteiger partial charge in [-0.05, 0) is 62.7 Å². The zero-order chi connectivity index (χ0) is 16.1. The Hall–Kier alpha value is -1.55. The lowest BCUT2D eigenvalue weighted by Crippen LogP contribution is -2.36. The summed E-state index contributed by atoms with van der Waals surface area (Å²) in [6.07, 6.45) is 6.33. The number of piperidine rings is 2. The van der Waals surface area contributed by atoms with Gasteiger partial charge in [0, 0.05) is 18.7 Å². The minimum atomic E-state index is 0.234. The van der Waals surface area contributed by atoms with E-state index in [1.165, 1.54) is 24.8 Å². The molecule has 0 atom stereocenters. The minimum Gasteiger partial charge on any atom is -0.496 e. The summed E-state index contributed by atoms with van der Waals surface area (Å²) in [5, 5.41) is 3.41. The van der Waals surface area contributed by atoms with E-state index in [1.807, 2.05) is 4.90 Å². The highest BCUT2D eigenvalue weighted by Crippen LogP contribution is 2.30. The van der Waals surface area contributed by atoms with E-state index in [4.69, 9.17) is 4.74 Å². The summed E-state index contributed by atoms with van der Waals surface area (Å²) in [4.78, 5) is 14.5. The predicted octanol–water partition coefficient (Wildman–Crippen LogP) is 2.72. The first-order valence-corrected chi connectivity index (χ1v) is 8.93. The van der Waals surface area contributed by atoms with Gasteiger partial charge in [-0.2, -0.15) is 0 Å². The van der Waals surface area contributed by atoms with Crippen molar-refractivity contribution in [1.29, 1.82) is 0 Å². The Bertz CT molecular complexity index is 532. The number of carbonyl (C=O) groups is 1. The standard InChI is InChI=1S/C19H28N2O2/c1-23-18-13-16(15-7-9-20-10-8-15)5-6-17(18)14-19(22)21-11-3-2-4-12-21/h5-6,13,15,20H,2-4,7-12,14H2,1H3. The Kier molecular flexibility index (Phi) is 5.55. The quantitative estimate of drug-likeness (QED) is 0.928. The lowest BCUT2D eigenvalue weighted by atomic mass is 9.89. The van der Waals surface area contributed by atoms with Crippen molar-refractivity contribution in [3.63, 3.8) is 0 Å². The molecule has 23 heavy (non-hydrogen) atoms. The van der Waals surface area contributed by atoms with Crippen LogP contribution in [0.15, 0.2) is 18.2 Å². The van der Waals surface area contributed by atoms with Crippen LogP contribution in [0.25, 0.3) is 0 Å². The van der Waals surface area contributed by atoms with Gasteiger partial charge in [-0.15, -0.1) is 0 Å². The van der Waals surface area contributed by atoms with Crippen molar-refractivity contribution in [3.05, 3.63) is 29.3 Å². The summed E-state index contributed by atoms with van der Waals surface area (Å²) in [7, 11) is 1.70. The third kappa shape index (κ3) is 4.05. The molecule has 0 spiro atoms. The summed E-state index contributed by atoms with van der Waals surface area (Å²) in [5.41, 5.74) is 2.36. The number of rotatable bonds is 4. The fourth-order valence-electron chi connectivity index (χ4n) is 3.73. The molecule has 4 nitrogen and oxygen atoms in total. The van der Waals surface area contributed by atoms with E-state index in [1.54, 1.807) is 7.11 Å². The van der Waals surface area contributed by atoms with Gasteiger partial charge in [0.15, 0.2) is 0 Å². The van der Waals surface area contributed by atoms with Gasteiger partial charge < -0.3 is 15.0 Å². The first kappa shape index (κ1) is 16.3. The average molecular weight is 316 g/mol. The Morgan fingerprint density at radius 1 is 1.22 bits per heavy atom. The molecule has 3 rings (SSSR count). The minimum absolute atomic E-state index is 0.234. The van der Waals surface area contributed by atoms with Gasteiger partial charge in [-0.3, -0.25) is 4.79 Å². The summed E-state index contributed by atoms with van der Waals surface area (Å²) in [6.45, 7) is 3.99. The number of benzene rings is 1. The lowest BCUT2D eigenvalue weighted by Gasteiger charge is -2.27. The zero-order valence-corrected chi connectivity index (χ0v) is 14.1. The van der Waals surface area contributed by atoms with Crippen LogP contribution in [0.4, 0.5) is 0 Å².